The third-order valence-electron chi connectivity index (χ3n) is 2.89. The summed E-state index contributed by atoms with van der Waals surface area (Å²) in [6.45, 7) is 1.34. The highest BCUT2D eigenvalue weighted by Crippen LogP contribution is 2.24. The van der Waals surface area contributed by atoms with Gasteiger partial charge in [0, 0.05) is 19.8 Å². The maximum atomic E-state index is 12.2. The summed E-state index contributed by atoms with van der Waals surface area (Å²) in [6, 6.07) is 0. The molecule has 0 amide bonds. The molecule has 10 nitrogen and oxygen atoms in total. The number of hydrogen-bond acceptors (Lipinski definition) is 8. The van der Waals surface area contributed by atoms with Crippen LogP contribution in [0.4, 0.5) is 0 Å². The van der Waals surface area contributed by atoms with E-state index in [1.54, 1.807) is 12.8 Å². The van der Waals surface area contributed by atoms with Crippen LogP contribution in [0.3, 0.4) is 0 Å². The van der Waals surface area contributed by atoms with Gasteiger partial charge in [0.2, 0.25) is 0 Å². The van der Waals surface area contributed by atoms with Crippen LogP contribution in [0.5, 0.6) is 0 Å². The Hall–Kier alpha value is -2.49. The van der Waals surface area contributed by atoms with Gasteiger partial charge in [0.15, 0.2) is 11.7 Å². The number of carbonyl (C=O) groups is 1. The lowest BCUT2D eigenvalue weighted by molar-refractivity contribution is -0.145. The fourth-order valence-electron chi connectivity index (χ4n) is 1.93. The molecule has 2 aromatic heterocycles. The third kappa shape index (κ3) is 2.44. The van der Waals surface area contributed by atoms with E-state index in [-0.39, 0.29) is 17.6 Å². The minimum absolute atomic E-state index is 0.0463. The molecule has 2 aromatic rings. The van der Waals surface area contributed by atoms with Crippen LogP contribution in [0.25, 0.3) is 11.0 Å². The van der Waals surface area contributed by atoms with Crippen LogP contribution in [-0.4, -0.2) is 48.8 Å². The lowest BCUT2D eigenvalue weighted by Gasteiger charge is -2.13. The lowest BCUT2D eigenvalue weighted by atomic mass is 10.2. The maximum absolute atomic E-state index is 12.2. The molecule has 0 bridgehead atoms. The molecule has 0 spiro atoms. The smallest absolute Gasteiger partial charge is 0.302 e. The second kappa shape index (κ2) is 5.13. The summed E-state index contributed by atoms with van der Waals surface area (Å²) in [7, 11) is 0. The number of ether oxygens (including phenoxy) is 2. The van der Waals surface area contributed by atoms with Crippen LogP contribution in [0, 0.1) is 12.8 Å². The molecule has 10 heteroatoms. The summed E-state index contributed by atoms with van der Waals surface area (Å²) < 4.78 is 11.3. The number of nitrogens with zero attached hydrogens (tertiary/aromatic N) is 5. The Balaban J connectivity index is 1.82. The predicted octanol–water partition coefficient (Wildman–Crippen LogP) is -0.906. The van der Waals surface area contributed by atoms with Gasteiger partial charge < -0.3 is 14.7 Å². The van der Waals surface area contributed by atoms with Crippen LogP contribution in [-0.2, 0) is 14.3 Å². The molecule has 2 radical (unpaired) electrons. The van der Waals surface area contributed by atoms with Gasteiger partial charge in [-0.05, 0) is 0 Å². The standard InChI is InChI=1S/C11H11N5O5/c1-6(17)20-5-7-2-3-9(21-7)15-11(18)10-8(13-14-15)4-12-16(10)19/h2-4,7,9,19H,5H2,1H3. The van der Waals surface area contributed by atoms with Crippen molar-refractivity contribution in [3.63, 3.8) is 0 Å². The van der Waals surface area contributed by atoms with E-state index in [9.17, 15) is 14.8 Å². The summed E-state index contributed by atoms with van der Waals surface area (Å²) >= 11 is 0. The minimum Gasteiger partial charge on any atom is -0.463 e. The molecule has 1 aliphatic rings. The highest BCUT2D eigenvalue weighted by Gasteiger charge is 2.30. The van der Waals surface area contributed by atoms with E-state index in [1.807, 2.05) is 0 Å². The minimum atomic E-state index is -0.787. The molecule has 1 aliphatic heterocycles. The quantitative estimate of drug-likeness (QED) is 0.570. The van der Waals surface area contributed by atoms with E-state index in [2.05, 4.69) is 15.4 Å². The van der Waals surface area contributed by atoms with Crippen LogP contribution in [0.2, 0.25) is 0 Å². The normalized spacial score (nSPS) is 21.8. The average Bonchev–Trinajstić information content (AvgIpc) is 3.04. The van der Waals surface area contributed by atoms with E-state index < -0.39 is 23.9 Å². The average molecular weight is 293 g/mol. The number of fused-ring (bicyclic) bond motifs is 1. The third-order valence-corrected chi connectivity index (χ3v) is 2.89. The zero-order chi connectivity index (χ0) is 15.0. The van der Waals surface area contributed by atoms with Gasteiger partial charge in [-0.1, -0.05) is 10.1 Å². The summed E-state index contributed by atoms with van der Waals surface area (Å²) in [5, 5.41) is 20.5. The summed E-state index contributed by atoms with van der Waals surface area (Å²) in [6.07, 6.45) is 3.21. The van der Waals surface area contributed by atoms with Gasteiger partial charge >= 0.3 is 11.5 Å². The van der Waals surface area contributed by atoms with Crippen molar-refractivity contribution in [1.82, 2.24) is 24.9 Å². The van der Waals surface area contributed by atoms with E-state index in [4.69, 9.17) is 9.47 Å². The Morgan fingerprint density at radius 1 is 1.52 bits per heavy atom. The second-order valence-corrected chi connectivity index (χ2v) is 4.36. The molecular weight excluding hydrogens is 282 g/mol. The molecule has 2 unspecified atom stereocenters. The molecule has 21 heavy (non-hydrogen) atoms. The highest BCUT2D eigenvalue weighted by atomic mass is 16.6. The molecule has 2 atom stereocenters. The fourth-order valence-corrected chi connectivity index (χ4v) is 1.93. The Kier molecular flexibility index (Phi) is 3.29. The van der Waals surface area contributed by atoms with Crippen molar-refractivity contribution in [2.75, 3.05) is 6.61 Å². The largest absolute Gasteiger partial charge is 0.463 e. The van der Waals surface area contributed by atoms with Crippen LogP contribution < -0.4 is 5.56 Å². The summed E-state index contributed by atoms with van der Waals surface area (Å²) in [5.74, 6) is -0.419. The second-order valence-electron chi connectivity index (χ2n) is 4.36. The first kappa shape index (κ1) is 13.5. The molecule has 0 aliphatic carbocycles. The van der Waals surface area contributed by atoms with Crippen molar-refractivity contribution in [2.45, 2.75) is 19.3 Å². The SMILES string of the molecule is CC(=O)OCC1[CH][CH]C(n2nnc3cnn(O)c3c2=O)O1. The number of hydrogen-bond donors (Lipinski definition) is 1. The zero-order valence-electron chi connectivity index (χ0n) is 10.9. The zero-order valence-corrected chi connectivity index (χ0v) is 10.9. The van der Waals surface area contributed by atoms with Gasteiger partial charge in [-0.2, -0.15) is 4.68 Å². The monoisotopic (exact) mass is 293 g/mol. The Labute approximate surface area is 117 Å². The lowest BCUT2D eigenvalue weighted by Crippen LogP contribution is -2.30. The topological polar surface area (TPSA) is 121 Å². The van der Waals surface area contributed by atoms with E-state index in [0.717, 1.165) is 4.68 Å². The Morgan fingerprint density at radius 3 is 3.10 bits per heavy atom. The van der Waals surface area contributed by atoms with Crippen molar-refractivity contribution >= 4 is 17.0 Å². The molecule has 3 heterocycles. The Morgan fingerprint density at radius 2 is 2.33 bits per heavy atom. The first-order valence-electron chi connectivity index (χ1n) is 6.06. The molecular formula is C11H11N5O5. The van der Waals surface area contributed by atoms with Crippen LogP contribution in [0.1, 0.15) is 13.2 Å². The van der Waals surface area contributed by atoms with Crippen LogP contribution in [0.15, 0.2) is 11.0 Å². The van der Waals surface area contributed by atoms with Crippen molar-refractivity contribution in [1.29, 1.82) is 0 Å². The number of aromatic nitrogens is 5. The van der Waals surface area contributed by atoms with E-state index in [1.165, 1.54) is 13.1 Å². The molecule has 0 saturated carbocycles. The van der Waals surface area contributed by atoms with Crippen molar-refractivity contribution < 1.29 is 19.5 Å². The molecule has 1 fully saturated rings. The number of rotatable bonds is 3. The predicted molar refractivity (Wildman–Crippen MR) is 65.9 cm³/mol. The van der Waals surface area contributed by atoms with Gasteiger partial charge in [-0.25, -0.2) is 0 Å². The van der Waals surface area contributed by atoms with Gasteiger partial charge in [0.25, 0.3) is 0 Å². The number of carbonyl (C=O) groups excluding carboxylic acids is 1. The van der Waals surface area contributed by atoms with Crippen molar-refractivity contribution in [2.24, 2.45) is 0 Å². The van der Waals surface area contributed by atoms with E-state index in [0.29, 0.717) is 4.85 Å². The molecule has 3 rings (SSSR count). The van der Waals surface area contributed by atoms with E-state index >= 15 is 0 Å². The fraction of sp³-hybridized carbons (Fsp3) is 0.364. The summed E-state index contributed by atoms with van der Waals surface area (Å²) in [5.41, 5.74) is -0.509. The van der Waals surface area contributed by atoms with Gasteiger partial charge in [0.05, 0.1) is 12.3 Å². The maximum Gasteiger partial charge on any atom is 0.302 e. The first-order valence-corrected chi connectivity index (χ1v) is 6.06. The summed E-state index contributed by atoms with van der Waals surface area (Å²) in [4.78, 5) is 23.4. The first-order chi connectivity index (χ1) is 10.1. The number of esters is 1. The van der Waals surface area contributed by atoms with Gasteiger partial charge in [-0.15, -0.1) is 10.2 Å². The van der Waals surface area contributed by atoms with Crippen molar-refractivity contribution in [3.8, 4) is 0 Å². The van der Waals surface area contributed by atoms with Gasteiger partial charge in [0.1, 0.15) is 12.1 Å². The molecule has 1 saturated heterocycles. The molecule has 110 valence electrons. The Bertz CT molecular complexity index is 738. The van der Waals surface area contributed by atoms with Gasteiger partial charge in [-0.3, -0.25) is 9.59 Å². The molecule has 1 N–H and O–H groups in total. The highest BCUT2D eigenvalue weighted by molar-refractivity contribution is 5.71. The molecule has 0 aromatic carbocycles. The van der Waals surface area contributed by atoms with Crippen LogP contribution >= 0.6 is 0 Å². The van der Waals surface area contributed by atoms with Crippen molar-refractivity contribution in [3.05, 3.63) is 29.4 Å².